The summed E-state index contributed by atoms with van der Waals surface area (Å²) in [4.78, 5) is 14.6. The Morgan fingerprint density at radius 3 is 2.61 bits per heavy atom. The molecule has 1 aromatic heterocycles. The molecular formula is C15H14Cl3N4O+. The van der Waals surface area contributed by atoms with Gasteiger partial charge in [-0.15, -0.1) is 0 Å². The number of halogens is 3. The molecule has 2 rings (SSSR count). The number of hydrogen-bond donors (Lipinski definition) is 2. The van der Waals surface area contributed by atoms with Crippen LogP contribution in [0.4, 0.5) is 5.69 Å². The van der Waals surface area contributed by atoms with Gasteiger partial charge in [-0.25, -0.2) is 5.43 Å². The summed E-state index contributed by atoms with van der Waals surface area (Å²) in [5.74, 6) is -0.559. The number of carbonyl (C=O) groups is 1. The van der Waals surface area contributed by atoms with Gasteiger partial charge in [0.05, 0.1) is 5.69 Å². The number of hydrogen-bond acceptors (Lipinski definition) is 3. The minimum Gasteiger partial charge on any atom is -0.396 e. The Morgan fingerprint density at radius 2 is 1.91 bits per heavy atom. The van der Waals surface area contributed by atoms with Crippen molar-refractivity contribution in [1.82, 2.24) is 5.43 Å². The number of aromatic amines is 1. The molecule has 4 N–H and O–H groups in total. The first kappa shape index (κ1) is 17.5. The monoisotopic (exact) mass is 371 g/mol. The lowest BCUT2D eigenvalue weighted by atomic mass is 10.1. The summed E-state index contributed by atoms with van der Waals surface area (Å²) in [6.07, 6.45) is 3.12. The molecule has 0 fully saturated rings. The predicted molar refractivity (Wildman–Crippen MR) is 93.2 cm³/mol. The summed E-state index contributed by atoms with van der Waals surface area (Å²) in [5, 5.41) is 3.97. The summed E-state index contributed by atoms with van der Waals surface area (Å²) in [7, 11) is 0. The highest BCUT2D eigenvalue weighted by Crippen LogP contribution is 2.31. The maximum atomic E-state index is 12.0. The van der Waals surface area contributed by atoms with Crippen molar-refractivity contribution >= 4 is 52.6 Å². The number of H-pyrrole nitrogens is 1. The third-order valence-corrected chi connectivity index (χ3v) is 4.17. The minimum absolute atomic E-state index is 0.00113. The number of rotatable bonds is 5. The Morgan fingerprint density at radius 1 is 1.22 bits per heavy atom. The fourth-order valence-electron chi connectivity index (χ4n) is 1.83. The smallest absolute Gasteiger partial charge is 0.337 e. The molecule has 0 atom stereocenters. The second kappa shape index (κ2) is 8.15. The molecule has 8 heteroatoms. The van der Waals surface area contributed by atoms with E-state index < -0.39 is 5.91 Å². The molecule has 0 saturated carbocycles. The number of nitrogen functional groups attached to an aromatic ring is 1. The van der Waals surface area contributed by atoms with Crippen LogP contribution in [-0.2, 0) is 6.42 Å². The highest BCUT2D eigenvalue weighted by Gasteiger charge is 2.25. The molecule has 0 saturated heterocycles. The van der Waals surface area contributed by atoms with Gasteiger partial charge in [-0.2, -0.15) is 10.1 Å². The van der Waals surface area contributed by atoms with Crippen molar-refractivity contribution in [3.05, 3.63) is 56.8 Å². The van der Waals surface area contributed by atoms with Crippen molar-refractivity contribution in [3.63, 3.8) is 0 Å². The quantitative estimate of drug-likeness (QED) is 0.479. The van der Waals surface area contributed by atoms with Gasteiger partial charge in [0.15, 0.2) is 0 Å². The Kier molecular flexibility index (Phi) is 6.21. The molecule has 1 heterocycles. The Hall–Kier alpha value is -1.82. The molecule has 5 nitrogen and oxygen atoms in total. The van der Waals surface area contributed by atoms with Crippen LogP contribution in [0.3, 0.4) is 0 Å². The number of carbonyl (C=O) groups excluding carboxylic acids is 1. The molecule has 0 unspecified atom stereocenters. The molecule has 0 bridgehead atoms. The van der Waals surface area contributed by atoms with Crippen LogP contribution in [0.5, 0.6) is 0 Å². The minimum atomic E-state index is -0.559. The van der Waals surface area contributed by atoms with E-state index in [0.29, 0.717) is 6.42 Å². The predicted octanol–water partition coefficient (Wildman–Crippen LogP) is 3.39. The maximum Gasteiger partial charge on any atom is 0.337 e. The first-order valence-corrected chi connectivity index (χ1v) is 7.85. The number of pyridine rings is 1. The molecule has 1 aromatic carbocycles. The van der Waals surface area contributed by atoms with Crippen molar-refractivity contribution in [2.45, 2.75) is 12.8 Å². The number of nitrogens with zero attached hydrogens (tertiary/aromatic N) is 1. The van der Waals surface area contributed by atoms with E-state index in [0.717, 1.165) is 6.42 Å². The van der Waals surface area contributed by atoms with Crippen LogP contribution in [0.15, 0.2) is 35.4 Å². The van der Waals surface area contributed by atoms with Gasteiger partial charge < -0.3 is 5.73 Å². The number of nitrogens with one attached hydrogen (secondary N) is 2. The molecule has 120 valence electrons. The average Bonchev–Trinajstić information content (AvgIpc) is 2.56. The number of hydrazone groups is 1. The molecule has 0 radical (unpaired) electrons. The third kappa shape index (κ3) is 4.58. The first-order chi connectivity index (χ1) is 11.0. The second-order valence-corrected chi connectivity index (χ2v) is 5.77. The Bertz CT molecular complexity index is 735. The summed E-state index contributed by atoms with van der Waals surface area (Å²) in [6.45, 7) is 0. The maximum absolute atomic E-state index is 12.0. The van der Waals surface area contributed by atoms with Gasteiger partial charge in [-0.1, -0.05) is 53.5 Å². The molecule has 0 spiro atoms. The first-order valence-electron chi connectivity index (χ1n) is 6.71. The molecule has 0 aliphatic carbocycles. The summed E-state index contributed by atoms with van der Waals surface area (Å²) >= 11 is 17.6. The average molecular weight is 373 g/mol. The van der Waals surface area contributed by atoms with Crippen molar-refractivity contribution < 1.29 is 9.78 Å². The van der Waals surface area contributed by atoms with Gasteiger partial charge in [0, 0.05) is 6.21 Å². The van der Waals surface area contributed by atoms with Gasteiger partial charge in [0.2, 0.25) is 0 Å². The van der Waals surface area contributed by atoms with E-state index in [1.54, 1.807) is 6.21 Å². The molecular weight excluding hydrogens is 359 g/mol. The number of aromatic nitrogens is 1. The zero-order valence-corrected chi connectivity index (χ0v) is 14.2. The van der Waals surface area contributed by atoms with Gasteiger partial charge in [0.1, 0.15) is 10.0 Å². The lowest BCUT2D eigenvalue weighted by Gasteiger charge is -2.02. The van der Waals surface area contributed by atoms with E-state index in [4.69, 9.17) is 40.5 Å². The van der Waals surface area contributed by atoms with Gasteiger partial charge >= 0.3 is 5.91 Å². The van der Waals surface area contributed by atoms with Crippen molar-refractivity contribution in [2.24, 2.45) is 5.10 Å². The van der Waals surface area contributed by atoms with E-state index in [9.17, 15) is 4.79 Å². The topological polar surface area (TPSA) is 81.6 Å². The molecule has 0 aliphatic rings. The van der Waals surface area contributed by atoms with Crippen LogP contribution in [0.2, 0.25) is 15.2 Å². The third-order valence-electron chi connectivity index (χ3n) is 3.01. The van der Waals surface area contributed by atoms with E-state index in [1.165, 1.54) is 5.56 Å². The Balaban J connectivity index is 1.94. The summed E-state index contributed by atoms with van der Waals surface area (Å²) in [5.41, 5.74) is 9.26. The van der Waals surface area contributed by atoms with E-state index >= 15 is 0 Å². The standard InChI is InChI=1S/C15H13Cl3N4O/c16-10-12(19)11(17)14(18)21-13(10)15(23)22-20-8-4-7-9-5-2-1-3-6-9/h1-3,5-6,8H,4,7H2,(H2,19,21)(H,22,23)/p+1/b20-8+. The molecule has 1 amide bonds. The Labute approximate surface area is 148 Å². The number of aryl methyl sites for hydroxylation is 1. The number of benzene rings is 1. The van der Waals surface area contributed by atoms with Crippen LogP contribution in [0, 0.1) is 0 Å². The normalized spacial score (nSPS) is 10.9. The van der Waals surface area contributed by atoms with Crippen LogP contribution in [0.1, 0.15) is 22.5 Å². The van der Waals surface area contributed by atoms with Gasteiger partial charge in [0.25, 0.3) is 10.8 Å². The number of anilines is 1. The van der Waals surface area contributed by atoms with Crippen molar-refractivity contribution in [1.29, 1.82) is 0 Å². The fourth-order valence-corrected chi connectivity index (χ4v) is 2.44. The molecule has 23 heavy (non-hydrogen) atoms. The van der Waals surface area contributed by atoms with Gasteiger partial charge in [-0.05, 0) is 30.0 Å². The number of nitrogens with two attached hydrogens (primary N) is 1. The zero-order valence-electron chi connectivity index (χ0n) is 11.9. The van der Waals surface area contributed by atoms with E-state index in [-0.39, 0.29) is 26.6 Å². The van der Waals surface area contributed by atoms with Gasteiger partial charge in [-0.3, -0.25) is 4.79 Å². The molecule has 0 aliphatic heterocycles. The second-order valence-electron chi connectivity index (χ2n) is 4.63. The zero-order chi connectivity index (χ0) is 16.8. The molecule has 2 aromatic rings. The lowest BCUT2D eigenvalue weighted by molar-refractivity contribution is -0.379. The highest BCUT2D eigenvalue weighted by atomic mass is 35.5. The summed E-state index contributed by atoms with van der Waals surface area (Å²) in [6, 6.07) is 9.96. The highest BCUT2D eigenvalue weighted by molar-refractivity contribution is 6.45. The van der Waals surface area contributed by atoms with Crippen molar-refractivity contribution in [3.8, 4) is 0 Å². The van der Waals surface area contributed by atoms with Crippen LogP contribution in [-0.4, -0.2) is 12.1 Å². The van der Waals surface area contributed by atoms with Crippen LogP contribution in [0.25, 0.3) is 0 Å². The van der Waals surface area contributed by atoms with Crippen LogP contribution >= 0.6 is 34.8 Å². The van der Waals surface area contributed by atoms with Crippen molar-refractivity contribution in [2.75, 3.05) is 5.73 Å². The number of amides is 1. The van der Waals surface area contributed by atoms with E-state index in [2.05, 4.69) is 15.5 Å². The van der Waals surface area contributed by atoms with E-state index in [1.807, 2.05) is 30.3 Å². The lowest BCUT2D eigenvalue weighted by Crippen LogP contribution is -2.28. The largest absolute Gasteiger partial charge is 0.396 e. The SMILES string of the molecule is Nc1c(Cl)c(Cl)[nH+]c(C(=O)N/N=C/CCc2ccccc2)c1Cl. The fraction of sp³-hybridized carbons (Fsp3) is 0.133. The summed E-state index contributed by atoms with van der Waals surface area (Å²) < 4.78 is 0. The van der Waals surface area contributed by atoms with Crippen LogP contribution < -0.4 is 16.1 Å².